The van der Waals surface area contributed by atoms with Crippen LogP contribution in [0.2, 0.25) is 0 Å². The first kappa shape index (κ1) is 22.4. The highest BCUT2D eigenvalue weighted by Gasteiger charge is 2.34. The van der Waals surface area contributed by atoms with Crippen molar-refractivity contribution in [2.24, 2.45) is 5.92 Å². The summed E-state index contributed by atoms with van der Waals surface area (Å²) in [6.07, 6.45) is -2.18. The Balaban J connectivity index is 1.88. The SMILES string of the molecule is COC[C@H]1CC[C@H](c2cc(F)c(-c3cc(F)c(OC(F)(F)F)c(F)c3)c(F)c2)CC1. The summed E-state index contributed by atoms with van der Waals surface area (Å²) in [6, 6.07) is 3.02. The number of hydrogen-bond donors (Lipinski definition) is 0. The van der Waals surface area contributed by atoms with Gasteiger partial charge in [0.25, 0.3) is 0 Å². The molecular formula is C21H19F7O2. The number of ether oxygens (including phenoxy) is 2. The molecule has 1 fully saturated rings. The minimum atomic E-state index is -5.32. The average molecular weight is 436 g/mol. The van der Waals surface area contributed by atoms with Gasteiger partial charge in [-0.15, -0.1) is 13.2 Å². The number of methoxy groups -OCH3 is 1. The van der Waals surface area contributed by atoms with Crippen molar-refractivity contribution >= 4 is 0 Å². The summed E-state index contributed by atoms with van der Waals surface area (Å²) >= 11 is 0. The molecule has 2 nitrogen and oxygen atoms in total. The molecule has 3 rings (SSSR count). The molecule has 9 heteroatoms. The Labute approximate surface area is 168 Å². The van der Waals surface area contributed by atoms with Gasteiger partial charge < -0.3 is 9.47 Å². The van der Waals surface area contributed by atoms with Crippen LogP contribution in [0.1, 0.15) is 37.2 Å². The van der Waals surface area contributed by atoms with Gasteiger partial charge in [0.2, 0.25) is 5.75 Å². The summed E-state index contributed by atoms with van der Waals surface area (Å²) in [4.78, 5) is 0. The topological polar surface area (TPSA) is 18.5 Å². The maximum absolute atomic E-state index is 14.7. The van der Waals surface area contributed by atoms with Crippen molar-refractivity contribution in [1.82, 2.24) is 0 Å². The van der Waals surface area contributed by atoms with E-state index in [1.807, 2.05) is 0 Å². The minimum Gasteiger partial charge on any atom is -0.399 e. The molecule has 2 aromatic carbocycles. The van der Waals surface area contributed by atoms with Gasteiger partial charge in [0.15, 0.2) is 11.6 Å². The smallest absolute Gasteiger partial charge is 0.399 e. The van der Waals surface area contributed by atoms with Crippen LogP contribution >= 0.6 is 0 Å². The van der Waals surface area contributed by atoms with E-state index in [0.29, 0.717) is 30.2 Å². The van der Waals surface area contributed by atoms with Crippen molar-refractivity contribution in [3.63, 3.8) is 0 Å². The number of rotatable bonds is 5. The highest BCUT2D eigenvalue weighted by Crippen LogP contribution is 2.39. The largest absolute Gasteiger partial charge is 0.573 e. The quantitative estimate of drug-likeness (QED) is 0.484. The lowest BCUT2D eigenvalue weighted by Crippen LogP contribution is -2.19. The van der Waals surface area contributed by atoms with E-state index in [2.05, 4.69) is 4.74 Å². The van der Waals surface area contributed by atoms with Crippen molar-refractivity contribution < 1.29 is 40.2 Å². The molecular weight excluding hydrogens is 417 g/mol. The van der Waals surface area contributed by atoms with Crippen molar-refractivity contribution in [1.29, 1.82) is 0 Å². The van der Waals surface area contributed by atoms with Gasteiger partial charge in [0.1, 0.15) is 11.6 Å². The molecule has 0 radical (unpaired) electrons. The van der Waals surface area contributed by atoms with E-state index < -0.39 is 46.5 Å². The number of halogens is 7. The Morgan fingerprint density at radius 2 is 1.37 bits per heavy atom. The zero-order chi connectivity index (χ0) is 22.1. The Hall–Kier alpha value is -2.29. The van der Waals surface area contributed by atoms with Gasteiger partial charge in [-0.2, -0.15) is 0 Å². The molecule has 2 aromatic rings. The summed E-state index contributed by atoms with van der Waals surface area (Å²) < 4.78 is 102. The molecule has 0 N–H and O–H groups in total. The molecule has 164 valence electrons. The van der Waals surface area contributed by atoms with Gasteiger partial charge in [-0.25, -0.2) is 17.6 Å². The van der Waals surface area contributed by atoms with Crippen LogP contribution in [0.25, 0.3) is 11.1 Å². The number of alkyl halides is 3. The van der Waals surface area contributed by atoms with Crippen LogP contribution in [0.4, 0.5) is 30.7 Å². The van der Waals surface area contributed by atoms with Gasteiger partial charge in [0, 0.05) is 13.7 Å². The Kier molecular flexibility index (Phi) is 6.59. The lowest BCUT2D eigenvalue weighted by atomic mass is 9.78. The third-order valence-corrected chi connectivity index (χ3v) is 5.29. The molecule has 1 aliphatic carbocycles. The second kappa shape index (κ2) is 8.83. The van der Waals surface area contributed by atoms with Crippen LogP contribution in [-0.4, -0.2) is 20.1 Å². The van der Waals surface area contributed by atoms with Crippen molar-refractivity contribution in [3.8, 4) is 16.9 Å². The standard InChI is InChI=1S/C21H19F7O2/c1-29-10-11-2-4-12(5-3-11)13-6-15(22)19(16(23)7-13)14-8-17(24)20(18(25)9-14)30-21(26,27)28/h6-9,11-12H,2-5,10H2,1H3/t11-,12-. The molecule has 0 heterocycles. The highest BCUT2D eigenvalue weighted by molar-refractivity contribution is 5.66. The third kappa shape index (κ3) is 5.06. The first-order valence-corrected chi connectivity index (χ1v) is 9.32. The lowest BCUT2D eigenvalue weighted by molar-refractivity contribution is -0.276. The maximum atomic E-state index is 14.7. The second-order valence-electron chi connectivity index (χ2n) is 7.35. The summed E-state index contributed by atoms with van der Waals surface area (Å²) in [5.41, 5.74) is -0.851. The fraction of sp³-hybridized carbons (Fsp3) is 0.429. The fourth-order valence-corrected chi connectivity index (χ4v) is 3.92. The molecule has 0 aromatic heterocycles. The van der Waals surface area contributed by atoms with Gasteiger partial charge >= 0.3 is 6.36 Å². The first-order valence-electron chi connectivity index (χ1n) is 9.32. The predicted molar refractivity (Wildman–Crippen MR) is 95.0 cm³/mol. The minimum absolute atomic E-state index is 0.0628. The summed E-state index contributed by atoms with van der Waals surface area (Å²) in [7, 11) is 1.61. The molecule has 0 unspecified atom stereocenters. The van der Waals surface area contributed by atoms with Crippen LogP contribution in [-0.2, 0) is 4.74 Å². The van der Waals surface area contributed by atoms with E-state index in [9.17, 15) is 30.7 Å². The van der Waals surface area contributed by atoms with Gasteiger partial charge in [-0.05, 0) is 72.9 Å². The summed E-state index contributed by atoms with van der Waals surface area (Å²) in [6.45, 7) is 0.625. The zero-order valence-electron chi connectivity index (χ0n) is 16.0. The normalized spacial score (nSPS) is 19.7. The van der Waals surface area contributed by atoms with E-state index in [1.165, 1.54) is 0 Å². The zero-order valence-corrected chi connectivity index (χ0v) is 16.0. The van der Waals surface area contributed by atoms with Crippen LogP contribution in [0, 0.1) is 29.2 Å². The molecule has 0 amide bonds. The van der Waals surface area contributed by atoms with Gasteiger partial charge in [-0.3, -0.25) is 0 Å². The Bertz CT molecular complexity index is 857. The second-order valence-corrected chi connectivity index (χ2v) is 7.35. The van der Waals surface area contributed by atoms with E-state index in [4.69, 9.17) is 4.74 Å². The molecule has 0 bridgehead atoms. The van der Waals surface area contributed by atoms with E-state index in [-0.39, 0.29) is 5.92 Å². The van der Waals surface area contributed by atoms with Crippen molar-refractivity contribution in [2.45, 2.75) is 38.0 Å². The molecule has 1 saturated carbocycles. The van der Waals surface area contributed by atoms with E-state index >= 15 is 0 Å². The van der Waals surface area contributed by atoms with E-state index in [1.54, 1.807) is 7.11 Å². The van der Waals surface area contributed by atoms with Crippen LogP contribution in [0.3, 0.4) is 0 Å². The molecule has 30 heavy (non-hydrogen) atoms. The Morgan fingerprint density at radius 1 is 0.833 bits per heavy atom. The lowest BCUT2D eigenvalue weighted by Gasteiger charge is -2.28. The average Bonchev–Trinajstić information content (AvgIpc) is 2.64. The summed E-state index contributed by atoms with van der Waals surface area (Å²) in [5.74, 6) is -6.89. The Morgan fingerprint density at radius 3 is 1.83 bits per heavy atom. The maximum Gasteiger partial charge on any atom is 0.573 e. The fourth-order valence-electron chi connectivity index (χ4n) is 3.92. The van der Waals surface area contributed by atoms with E-state index in [0.717, 1.165) is 37.8 Å². The molecule has 0 atom stereocenters. The van der Waals surface area contributed by atoms with Crippen LogP contribution in [0.5, 0.6) is 5.75 Å². The third-order valence-electron chi connectivity index (χ3n) is 5.29. The number of hydrogen-bond acceptors (Lipinski definition) is 2. The summed E-state index contributed by atoms with van der Waals surface area (Å²) in [5, 5.41) is 0. The monoisotopic (exact) mass is 436 g/mol. The van der Waals surface area contributed by atoms with Crippen LogP contribution < -0.4 is 4.74 Å². The van der Waals surface area contributed by atoms with Gasteiger partial charge in [-0.1, -0.05) is 0 Å². The molecule has 1 aliphatic rings. The van der Waals surface area contributed by atoms with Gasteiger partial charge in [0.05, 0.1) is 5.56 Å². The number of benzene rings is 2. The predicted octanol–water partition coefficient (Wildman–Crippen LogP) is 6.73. The van der Waals surface area contributed by atoms with Crippen molar-refractivity contribution in [3.05, 3.63) is 53.1 Å². The molecule has 0 aliphatic heterocycles. The highest BCUT2D eigenvalue weighted by atomic mass is 19.4. The first-order chi connectivity index (χ1) is 14.1. The van der Waals surface area contributed by atoms with Crippen LogP contribution in [0.15, 0.2) is 24.3 Å². The van der Waals surface area contributed by atoms with Crippen molar-refractivity contribution in [2.75, 3.05) is 13.7 Å². The molecule has 0 saturated heterocycles. The molecule has 0 spiro atoms.